The van der Waals surface area contributed by atoms with Crippen molar-refractivity contribution < 1.29 is 18.4 Å². The molecule has 0 aliphatic heterocycles. The summed E-state index contributed by atoms with van der Waals surface area (Å²) in [4.78, 5) is 28.8. The van der Waals surface area contributed by atoms with Gasteiger partial charge in [0.1, 0.15) is 17.7 Å². The summed E-state index contributed by atoms with van der Waals surface area (Å²) in [7, 11) is 0. The van der Waals surface area contributed by atoms with Gasteiger partial charge in [-0.25, -0.2) is 13.8 Å². The highest BCUT2D eigenvalue weighted by Gasteiger charge is 2.21. The van der Waals surface area contributed by atoms with Crippen molar-refractivity contribution in [2.24, 2.45) is 0 Å². The van der Waals surface area contributed by atoms with Crippen molar-refractivity contribution >= 4 is 40.0 Å². The summed E-state index contributed by atoms with van der Waals surface area (Å²) in [6.07, 6.45) is 2.61. The second kappa shape index (κ2) is 10.4. The SMILES string of the molecule is CCCC(NC(=O)Cc1cc(F)cc(F)c1)C(=O)Nc1ncc(SCC)s1. The van der Waals surface area contributed by atoms with Gasteiger partial charge in [-0.05, 0) is 29.9 Å². The van der Waals surface area contributed by atoms with Crippen LogP contribution >= 0.6 is 23.1 Å². The number of thioether (sulfide) groups is 1. The Labute approximate surface area is 165 Å². The number of nitrogens with one attached hydrogen (secondary N) is 2. The second-order valence-corrected chi connectivity index (χ2v) is 8.36. The first kappa shape index (κ1) is 21.3. The van der Waals surface area contributed by atoms with Gasteiger partial charge >= 0.3 is 0 Å². The van der Waals surface area contributed by atoms with Crippen molar-refractivity contribution in [1.29, 1.82) is 0 Å². The molecule has 5 nitrogen and oxygen atoms in total. The van der Waals surface area contributed by atoms with Gasteiger partial charge in [0, 0.05) is 6.07 Å². The van der Waals surface area contributed by atoms with Crippen molar-refractivity contribution in [3.8, 4) is 0 Å². The van der Waals surface area contributed by atoms with E-state index in [-0.39, 0.29) is 17.9 Å². The number of benzene rings is 1. The minimum atomic E-state index is -0.745. The summed E-state index contributed by atoms with van der Waals surface area (Å²) in [5, 5.41) is 5.82. The van der Waals surface area contributed by atoms with Crippen molar-refractivity contribution in [3.05, 3.63) is 41.6 Å². The highest BCUT2D eigenvalue weighted by Crippen LogP contribution is 2.27. The zero-order valence-corrected chi connectivity index (χ0v) is 16.7. The molecular weight excluding hydrogens is 392 g/mol. The van der Waals surface area contributed by atoms with Gasteiger partial charge in [-0.1, -0.05) is 31.6 Å². The van der Waals surface area contributed by atoms with Gasteiger partial charge in [-0.3, -0.25) is 9.59 Å². The lowest BCUT2D eigenvalue weighted by molar-refractivity contribution is -0.126. The van der Waals surface area contributed by atoms with Crippen LogP contribution in [-0.4, -0.2) is 28.6 Å². The van der Waals surface area contributed by atoms with Gasteiger partial charge in [0.25, 0.3) is 0 Å². The van der Waals surface area contributed by atoms with E-state index in [1.165, 1.54) is 11.3 Å². The van der Waals surface area contributed by atoms with E-state index >= 15 is 0 Å². The van der Waals surface area contributed by atoms with Crippen LogP contribution in [0.25, 0.3) is 0 Å². The van der Waals surface area contributed by atoms with Crippen molar-refractivity contribution in [3.63, 3.8) is 0 Å². The second-order valence-electron chi connectivity index (χ2n) is 5.77. The highest BCUT2D eigenvalue weighted by molar-refractivity contribution is 8.01. The molecule has 1 aromatic heterocycles. The maximum Gasteiger partial charge on any atom is 0.248 e. The van der Waals surface area contributed by atoms with Gasteiger partial charge in [0.15, 0.2) is 5.13 Å². The molecule has 0 bridgehead atoms. The van der Waals surface area contributed by atoms with E-state index in [1.54, 1.807) is 18.0 Å². The molecule has 1 aromatic carbocycles. The van der Waals surface area contributed by atoms with E-state index in [0.717, 1.165) is 28.2 Å². The Morgan fingerprint density at radius 1 is 1.22 bits per heavy atom. The Kier molecular flexibility index (Phi) is 8.18. The Hall–Kier alpha value is -2.00. The average molecular weight is 414 g/mol. The fourth-order valence-electron chi connectivity index (χ4n) is 2.42. The first-order valence-electron chi connectivity index (χ1n) is 8.55. The largest absolute Gasteiger partial charge is 0.344 e. The molecule has 0 radical (unpaired) electrons. The lowest BCUT2D eigenvalue weighted by Gasteiger charge is -2.17. The van der Waals surface area contributed by atoms with Gasteiger partial charge in [0.05, 0.1) is 16.8 Å². The number of nitrogens with zero attached hydrogens (tertiary/aromatic N) is 1. The fraction of sp³-hybridized carbons (Fsp3) is 0.389. The molecule has 0 saturated carbocycles. The Morgan fingerprint density at radius 2 is 1.93 bits per heavy atom. The molecule has 2 N–H and O–H groups in total. The summed E-state index contributed by atoms with van der Waals surface area (Å²) in [6, 6.07) is 2.20. The maximum atomic E-state index is 13.2. The number of halogens is 2. The molecule has 27 heavy (non-hydrogen) atoms. The van der Waals surface area contributed by atoms with Crippen molar-refractivity contribution in [2.75, 3.05) is 11.1 Å². The Bertz CT molecular complexity index is 778. The van der Waals surface area contributed by atoms with Gasteiger partial charge in [0.2, 0.25) is 11.8 Å². The molecule has 2 amide bonds. The number of hydrogen-bond donors (Lipinski definition) is 2. The van der Waals surface area contributed by atoms with E-state index in [9.17, 15) is 18.4 Å². The molecule has 2 rings (SSSR count). The van der Waals surface area contributed by atoms with Crippen LogP contribution in [0.3, 0.4) is 0 Å². The van der Waals surface area contributed by atoms with Crippen LogP contribution in [-0.2, 0) is 16.0 Å². The maximum absolute atomic E-state index is 13.2. The highest BCUT2D eigenvalue weighted by atomic mass is 32.2. The van der Waals surface area contributed by atoms with Gasteiger partial charge in [-0.2, -0.15) is 0 Å². The van der Waals surface area contributed by atoms with Crippen molar-refractivity contribution in [1.82, 2.24) is 10.3 Å². The molecule has 1 heterocycles. The van der Waals surface area contributed by atoms with Crippen LogP contribution in [0.1, 0.15) is 32.3 Å². The van der Waals surface area contributed by atoms with E-state index in [0.29, 0.717) is 18.0 Å². The molecule has 9 heteroatoms. The minimum absolute atomic E-state index is 0.210. The molecule has 0 aliphatic carbocycles. The monoisotopic (exact) mass is 413 g/mol. The van der Waals surface area contributed by atoms with Crippen LogP contribution in [0.15, 0.2) is 28.6 Å². The third-order valence-corrected chi connectivity index (χ3v) is 5.51. The minimum Gasteiger partial charge on any atom is -0.344 e. The molecule has 2 aromatic rings. The van der Waals surface area contributed by atoms with Crippen LogP contribution in [0.2, 0.25) is 0 Å². The van der Waals surface area contributed by atoms with Crippen LogP contribution in [0.5, 0.6) is 0 Å². The average Bonchev–Trinajstić information content (AvgIpc) is 3.00. The normalized spacial score (nSPS) is 11.9. The van der Waals surface area contributed by atoms with Crippen LogP contribution in [0, 0.1) is 11.6 Å². The predicted molar refractivity (Wildman–Crippen MR) is 104 cm³/mol. The third-order valence-electron chi connectivity index (χ3n) is 3.52. The summed E-state index contributed by atoms with van der Waals surface area (Å²) in [6.45, 7) is 3.92. The van der Waals surface area contributed by atoms with Gasteiger partial charge < -0.3 is 10.6 Å². The number of carbonyl (C=O) groups is 2. The number of thiazole rings is 1. The van der Waals surface area contributed by atoms with E-state index in [2.05, 4.69) is 15.6 Å². The zero-order valence-electron chi connectivity index (χ0n) is 15.1. The molecule has 0 saturated heterocycles. The fourth-order valence-corrected chi connectivity index (χ4v) is 4.21. The number of hydrogen-bond acceptors (Lipinski definition) is 5. The quantitative estimate of drug-likeness (QED) is 0.610. The number of carbonyl (C=O) groups excluding carboxylic acids is 2. The summed E-state index contributed by atoms with van der Waals surface area (Å²) in [5.41, 5.74) is 0.210. The first-order chi connectivity index (χ1) is 12.9. The van der Waals surface area contributed by atoms with E-state index in [4.69, 9.17) is 0 Å². The molecule has 1 atom stereocenters. The molecule has 0 fully saturated rings. The third kappa shape index (κ3) is 6.91. The smallest absolute Gasteiger partial charge is 0.248 e. The van der Waals surface area contributed by atoms with Crippen LogP contribution in [0.4, 0.5) is 13.9 Å². The standard InChI is InChI=1S/C18H21F2N3O2S2/c1-3-5-14(17(25)23-18-21-10-16(27-18)26-4-2)22-15(24)8-11-6-12(19)9-13(20)7-11/h6-7,9-10,14H,3-5,8H2,1-2H3,(H,22,24)(H,21,23,25). The van der Waals surface area contributed by atoms with Crippen molar-refractivity contribution in [2.45, 2.75) is 43.4 Å². The lowest BCUT2D eigenvalue weighted by atomic mass is 10.1. The topological polar surface area (TPSA) is 71.1 Å². The predicted octanol–water partition coefficient (Wildman–Crippen LogP) is 4.00. The molecular formula is C18H21F2N3O2S2. The van der Waals surface area contributed by atoms with E-state index in [1.807, 2.05) is 13.8 Å². The summed E-state index contributed by atoms with van der Waals surface area (Å²) < 4.78 is 27.5. The number of amides is 2. The number of aromatic nitrogens is 1. The zero-order chi connectivity index (χ0) is 19.8. The van der Waals surface area contributed by atoms with Gasteiger partial charge in [-0.15, -0.1) is 11.8 Å². The number of rotatable bonds is 9. The summed E-state index contributed by atoms with van der Waals surface area (Å²) >= 11 is 3.00. The van der Waals surface area contributed by atoms with E-state index < -0.39 is 23.6 Å². The summed E-state index contributed by atoms with van der Waals surface area (Å²) in [5.74, 6) is -1.42. The van der Waals surface area contributed by atoms with Crippen LogP contribution < -0.4 is 10.6 Å². The lowest BCUT2D eigenvalue weighted by Crippen LogP contribution is -2.44. The molecule has 0 aliphatic rings. The Balaban J connectivity index is 1.98. The molecule has 1 unspecified atom stereocenters. The Morgan fingerprint density at radius 3 is 2.56 bits per heavy atom. The number of anilines is 1. The molecule has 0 spiro atoms. The first-order valence-corrected chi connectivity index (χ1v) is 10.3. The molecule has 146 valence electrons.